The molecule has 3 aromatic rings. The molecule has 0 radical (unpaired) electrons. The van der Waals surface area contributed by atoms with Crippen LogP contribution < -0.4 is 14.8 Å². The fourth-order valence-electron chi connectivity index (χ4n) is 3.72. The van der Waals surface area contributed by atoms with Gasteiger partial charge in [0.1, 0.15) is 23.4 Å². The Balaban J connectivity index is 1.78. The molecule has 0 spiro atoms. The summed E-state index contributed by atoms with van der Waals surface area (Å²) in [7, 11) is 3.31. The number of methoxy groups -OCH3 is 2. The van der Waals surface area contributed by atoms with Gasteiger partial charge in [0.25, 0.3) is 0 Å². The third kappa shape index (κ3) is 4.20. The quantitative estimate of drug-likeness (QED) is 0.528. The van der Waals surface area contributed by atoms with Crippen LogP contribution in [0.3, 0.4) is 0 Å². The average Bonchev–Trinajstić information content (AvgIpc) is 2.80. The number of hydrogen-bond donors (Lipinski definition) is 2. The monoisotopic (exact) mass is 466 g/mol. The first-order valence-electron chi connectivity index (χ1n) is 9.67. The maximum Gasteiger partial charge on any atom is 0.129 e. The van der Waals surface area contributed by atoms with Gasteiger partial charge in [-0.3, -0.25) is 10.3 Å². The number of nitrogens with zero attached hydrogens (tertiary/aromatic N) is 1. The second-order valence-corrected chi connectivity index (χ2v) is 7.99. The molecule has 0 bridgehead atoms. The Labute approximate surface area is 184 Å². The summed E-state index contributed by atoms with van der Waals surface area (Å²) in [6.07, 6.45) is 0.331. The molecule has 1 heterocycles. The van der Waals surface area contributed by atoms with Crippen LogP contribution in [-0.2, 0) is 0 Å². The molecule has 4 rings (SSSR count). The van der Waals surface area contributed by atoms with Gasteiger partial charge in [-0.2, -0.15) is 0 Å². The molecule has 0 fully saturated rings. The van der Waals surface area contributed by atoms with E-state index in [1.165, 1.54) is 0 Å². The van der Waals surface area contributed by atoms with Gasteiger partial charge in [0.05, 0.1) is 14.2 Å². The largest absolute Gasteiger partial charge is 0.508 e. The molecule has 0 saturated carbocycles. The summed E-state index contributed by atoms with van der Waals surface area (Å²) in [5.41, 5.74) is 3.75. The molecule has 0 amide bonds. The van der Waals surface area contributed by atoms with E-state index in [-0.39, 0.29) is 18.0 Å². The lowest BCUT2D eigenvalue weighted by atomic mass is 9.93. The Kier molecular flexibility index (Phi) is 6.06. The lowest BCUT2D eigenvalue weighted by Gasteiger charge is -2.31. The Morgan fingerprint density at radius 2 is 1.73 bits per heavy atom. The van der Waals surface area contributed by atoms with E-state index in [0.29, 0.717) is 6.42 Å². The molecule has 30 heavy (non-hydrogen) atoms. The summed E-state index contributed by atoms with van der Waals surface area (Å²) in [6.45, 7) is 0. The van der Waals surface area contributed by atoms with Crippen LogP contribution in [-0.4, -0.2) is 25.0 Å². The van der Waals surface area contributed by atoms with Crippen molar-refractivity contribution in [2.75, 3.05) is 14.2 Å². The number of aromatic hydroxyl groups is 1. The van der Waals surface area contributed by atoms with Gasteiger partial charge in [-0.05, 0) is 54.1 Å². The maximum atomic E-state index is 10.5. The summed E-state index contributed by atoms with van der Waals surface area (Å²) in [6, 6.07) is 21.1. The van der Waals surface area contributed by atoms with Gasteiger partial charge in [-0.1, -0.05) is 34.1 Å². The topological polar surface area (TPSA) is 63.1 Å². The van der Waals surface area contributed by atoms with E-state index in [1.54, 1.807) is 20.3 Å². The van der Waals surface area contributed by atoms with E-state index in [0.717, 1.165) is 38.4 Å². The van der Waals surface area contributed by atoms with Crippen LogP contribution in [0.4, 0.5) is 0 Å². The van der Waals surface area contributed by atoms with Crippen LogP contribution in [0.2, 0.25) is 0 Å². The Hall–Kier alpha value is -2.83. The Morgan fingerprint density at radius 3 is 2.47 bits per heavy atom. The molecule has 0 aliphatic carbocycles. The number of aliphatic imine (C=N–C) groups is 1. The number of ether oxygens (including phenoxy) is 2. The van der Waals surface area contributed by atoms with Gasteiger partial charge in [-0.15, -0.1) is 0 Å². The molecule has 0 saturated heterocycles. The lowest BCUT2D eigenvalue weighted by molar-refractivity contribution is 0.381. The average molecular weight is 467 g/mol. The van der Waals surface area contributed by atoms with Gasteiger partial charge in [-0.25, -0.2) is 0 Å². The fourth-order valence-corrected chi connectivity index (χ4v) is 4.10. The second kappa shape index (κ2) is 8.90. The van der Waals surface area contributed by atoms with Gasteiger partial charge in [0.15, 0.2) is 0 Å². The minimum atomic E-state index is -0.310. The highest BCUT2D eigenvalue weighted by molar-refractivity contribution is 9.10. The first-order chi connectivity index (χ1) is 14.6. The lowest BCUT2D eigenvalue weighted by Crippen LogP contribution is -2.33. The van der Waals surface area contributed by atoms with Crippen molar-refractivity contribution in [3.8, 4) is 17.2 Å². The molecule has 1 aliphatic heterocycles. The normalized spacial score (nSPS) is 18.6. The number of phenolic OH excluding ortho intramolecular Hbond substituents is 1. The van der Waals surface area contributed by atoms with Crippen molar-refractivity contribution in [2.45, 2.75) is 18.6 Å². The first-order valence-corrected chi connectivity index (χ1v) is 10.5. The van der Waals surface area contributed by atoms with Crippen LogP contribution in [0.1, 0.15) is 35.3 Å². The van der Waals surface area contributed by atoms with Crippen LogP contribution in [0, 0.1) is 0 Å². The molecule has 2 atom stereocenters. The van der Waals surface area contributed by atoms with Crippen LogP contribution in [0.5, 0.6) is 17.2 Å². The van der Waals surface area contributed by atoms with E-state index >= 15 is 0 Å². The third-order valence-electron chi connectivity index (χ3n) is 5.26. The predicted molar refractivity (Wildman–Crippen MR) is 122 cm³/mol. The zero-order valence-corrected chi connectivity index (χ0v) is 18.4. The van der Waals surface area contributed by atoms with E-state index in [1.807, 2.05) is 60.7 Å². The summed E-state index contributed by atoms with van der Waals surface area (Å²) in [5.74, 6) is 1.83. The fraction of sp³-hybridized carbons (Fsp3) is 0.208. The molecular formula is C24H23BrN2O3. The molecule has 2 N–H and O–H groups in total. The number of nitrogens with one attached hydrogen (secondary N) is 1. The molecule has 5 nitrogen and oxygen atoms in total. The van der Waals surface area contributed by atoms with E-state index < -0.39 is 0 Å². The highest BCUT2D eigenvalue weighted by Crippen LogP contribution is 2.37. The summed E-state index contributed by atoms with van der Waals surface area (Å²) in [4.78, 5) is 5.01. The number of halogens is 1. The van der Waals surface area contributed by atoms with Crippen molar-refractivity contribution in [3.63, 3.8) is 0 Å². The minimum absolute atomic E-state index is 0.119. The molecule has 1 aliphatic rings. The highest BCUT2D eigenvalue weighted by atomic mass is 79.9. The number of para-hydroxylation sites is 1. The Morgan fingerprint density at radius 1 is 0.967 bits per heavy atom. The van der Waals surface area contributed by atoms with E-state index in [9.17, 15) is 5.11 Å². The second-order valence-electron chi connectivity index (χ2n) is 7.08. The van der Waals surface area contributed by atoms with Crippen molar-refractivity contribution in [3.05, 3.63) is 87.9 Å². The number of hydrogen-bond acceptors (Lipinski definition) is 5. The van der Waals surface area contributed by atoms with Crippen LogP contribution >= 0.6 is 15.9 Å². The van der Waals surface area contributed by atoms with Gasteiger partial charge >= 0.3 is 0 Å². The summed E-state index contributed by atoms with van der Waals surface area (Å²) >= 11 is 3.52. The molecule has 0 aromatic heterocycles. The molecule has 0 unspecified atom stereocenters. The standard InChI is InChI=1S/C24H23BrN2O3/c1-29-17-10-7-15(8-11-17)20-14-21(19-13-16(25)9-12-22(19)28)27-24(26-20)18-5-3-4-6-23(18)30-2/h3-13,21,24,27-28H,14H2,1-2H3/t21-,24+/m0/s1. The van der Waals surface area contributed by atoms with Crippen molar-refractivity contribution in [1.82, 2.24) is 5.32 Å². The van der Waals surface area contributed by atoms with Gasteiger partial charge in [0, 0.05) is 33.8 Å². The number of benzene rings is 3. The van der Waals surface area contributed by atoms with Crippen molar-refractivity contribution < 1.29 is 14.6 Å². The minimum Gasteiger partial charge on any atom is -0.508 e. The molecule has 3 aromatic carbocycles. The van der Waals surface area contributed by atoms with Crippen molar-refractivity contribution in [2.24, 2.45) is 4.99 Å². The van der Waals surface area contributed by atoms with E-state index in [2.05, 4.69) is 21.2 Å². The Bertz CT molecular complexity index is 1070. The van der Waals surface area contributed by atoms with Gasteiger partial charge < -0.3 is 14.6 Å². The number of phenols is 1. The first kappa shape index (κ1) is 20.4. The zero-order valence-electron chi connectivity index (χ0n) is 16.8. The summed E-state index contributed by atoms with van der Waals surface area (Å²) in [5, 5.41) is 14.1. The molecule has 154 valence electrons. The zero-order chi connectivity index (χ0) is 21.1. The highest BCUT2D eigenvalue weighted by Gasteiger charge is 2.29. The third-order valence-corrected chi connectivity index (χ3v) is 5.76. The smallest absolute Gasteiger partial charge is 0.129 e. The van der Waals surface area contributed by atoms with Crippen molar-refractivity contribution in [1.29, 1.82) is 0 Å². The van der Waals surface area contributed by atoms with Crippen LogP contribution in [0.15, 0.2) is 76.2 Å². The van der Waals surface area contributed by atoms with Crippen LogP contribution in [0.25, 0.3) is 0 Å². The summed E-state index contributed by atoms with van der Waals surface area (Å²) < 4.78 is 11.8. The van der Waals surface area contributed by atoms with Crippen molar-refractivity contribution >= 4 is 21.6 Å². The molecular weight excluding hydrogens is 444 g/mol. The van der Waals surface area contributed by atoms with E-state index in [4.69, 9.17) is 14.5 Å². The maximum absolute atomic E-state index is 10.5. The predicted octanol–water partition coefficient (Wildman–Crippen LogP) is 5.39. The number of rotatable bonds is 5. The van der Waals surface area contributed by atoms with Gasteiger partial charge in [0.2, 0.25) is 0 Å². The molecule has 6 heteroatoms. The SMILES string of the molecule is COc1ccc(C2=N[C@@H](c3ccccc3OC)N[C@H](c3cc(Br)ccc3O)C2)cc1.